The van der Waals surface area contributed by atoms with Gasteiger partial charge in [-0.2, -0.15) is 5.26 Å². The minimum atomic E-state index is -4.13. The predicted octanol–water partition coefficient (Wildman–Crippen LogP) is 3.09. The number of hydrogen-bond donors (Lipinski definition) is 2. The smallest absolute Gasteiger partial charge is 0.263 e. The van der Waals surface area contributed by atoms with E-state index in [1.807, 2.05) is 4.72 Å². The highest BCUT2D eigenvalue weighted by atomic mass is 32.2. The van der Waals surface area contributed by atoms with Crippen molar-refractivity contribution in [3.63, 3.8) is 0 Å². The highest BCUT2D eigenvalue weighted by Gasteiger charge is 2.20. The summed E-state index contributed by atoms with van der Waals surface area (Å²) in [4.78, 5) is 3.37. The molecule has 122 valence electrons. The van der Waals surface area contributed by atoms with Crippen molar-refractivity contribution >= 4 is 27.2 Å². The van der Waals surface area contributed by atoms with Crippen molar-refractivity contribution in [1.29, 1.82) is 5.26 Å². The summed E-state index contributed by atoms with van der Waals surface area (Å²) >= 11 is 1.18. The second kappa shape index (κ2) is 6.03. The summed E-state index contributed by atoms with van der Waals surface area (Å²) in [6.07, 6.45) is 2.80. The lowest BCUT2D eigenvalue weighted by Gasteiger charge is -2.08. The fourth-order valence-corrected chi connectivity index (χ4v) is 3.57. The molecule has 0 fully saturated rings. The standard InChI is InChI=1S/C14H8F2N4O2S2/c15-10-5-12(11(16)3-8(10)6-17)20-24(21,22)9-4-13(18-7-9)14-1-2-19-23-14/h1-5,7,18,20H. The van der Waals surface area contributed by atoms with E-state index in [9.17, 15) is 17.2 Å². The van der Waals surface area contributed by atoms with Crippen LogP contribution in [0.25, 0.3) is 10.6 Å². The van der Waals surface area contributed by atoms with Gasteiger partial charge in [-0.25, -0.2) is 21.6 Å². The summed E-state index contributed by atoms with van der Waals surface area (Å²) < 4.78 is 57.9. The fraction of sp³-hybridized carbons (Fsp3) is 0. The van der Waals surface area contributed by atoms with Gasteiger partial charge in [0.05, 0.1) is 21.8 Å². The SMILES string of the molecule is N#Cc1cc(F)c(NS(=O)(=O)c2c[nH]c(-c3ccns3)c2)cc1F. The maximum atomic E-state index is 13.8. The second-order valence-electron chi connectivity index (χ2n) is 4.65. The van der Waals surface area contributed by atoms with Crippen LogP contribution in [0.5, 0.6) is 0 Å². The van der Waals surface area contributed by atoms with E-state index in [1.54, 1.807) is 12.3 Å². The van der Waals surface area contributed by atoms with E-state index in [1.165, 1.54) is 29.9 Å². The number of rotatable bonds is 4. The van der Waals surface area contributed by atoms with Gasteiger partial charge in [0.2, 0.25) is 0 Å². The number of aromatic nitrogens is 2. The van der Waals surface area contributed by atoms with Gasteiger partial charge in [0.15, 0.2) is 0 Å². The number of nitrogens with zero attached hydrogens (tertiary/aromatic N) is 2. The Balaban J connectivity index is 1.93. The minimum Gasteiger partial charge on any atom is -0.359 e. The normalized spacial score (nSPS) is 11.2. The van der Waals surface area contributed by atoms with E-state index in [4.69, 9.17) is 5.26 Å². The zero-order valence-corrected chi connectivity index (χ0v) is 13.4. The van der Waals surface area contributed by atoms with Crippen LogP contribution in [0.3, 0.4) is 0 Å². The molecular formula is C14H8F2N4O2S2. The maximum Gasteiger partial charge on any atom is 0.263 e. The number of aromatic amines is 1. The molecule has 0 radical (unpaired) electrons. The topological polar surface area (TPSA) is 98.6 Å². The first-order valence-electron chi connectivity index (χ1n) is 6.42. The second-order valence-corrected chi connectivity index (χ2v) is 7.17. The Kier molecular flexibility index (Phi) is 4.04. The Bertz CT molecular complexity index is 1040. The number of anilines is 1. The lowest BCUT2D eigenvalue weighted by molar-refractivity contribution is 0.593. The van der Waals surface area contributed by atoms with E-state index < -0.39 is 32.9 Å². The zero-order chi connectivity index (χ0) is 17.3. The Morgan fingerprint density at radius 1 is 1.25 bits per heavy atom. The first-order chi connectivity index (χ1) is 11.4. The third-order valence-corrected chi connectivity index (χ3v) is 5.22. The van der Waals surface area contributed by atoms with Gasteiger partial charge in [-0.3, -0.25) is 4.72 Å². The third-order valence-electron chi connectivity index (χ3n) is 3.09. The molecule has 24 heavy (non-hydrogen) atoms. The van der Waals surface area contributed by atoms with Crippen LogP contribution < -0.4 is 4.72 Å². The van der Waals surface area contributed by atoms with Crippen molar-refractivity contribution in [2.45, 2.75) is 4.90 Å². The molecule has 0 aliphatic rings. The minimum absolute atomic E-state index is 0.143. The molecule has 0 saturated carbocycles. The van der Waals surface area contributed by atoms with Crippen molar-refractivity contribution in [2.24, 2.45) is 0 Å². The summed E-state index contributed by atoms with van der Waals surface area (Å²) in [5, 5.41) is 8.63. The van der Waals surface area contributed by atoms with Gasteiger partial charge in [-0.1, -0.05) is 0 Å². The van der Waals surface area contributed by atoms with Crippen LogP contribution in [0.1, 0.15) is 5.56 Å². The lowest BCUT2D eigenvalue weighted by Crippen LogP contribution is -2.13. The van der Waals surface area contributed by atoms with Crippen molar-refractivity contribution in [2.75, 3.05) is 4.72 Å². The van der Waals surface area contributed by atoms with Gasteiger partial charge >= 0.3 is 0 Å². The number of benzene rings is 1. The van der Waals surface area contributed by atoms with Crippen LogP contribution in [0.4, 0.5) is 14.5 Å². The third kappa shape index (κ3) is 2.99. The van der Waals surface area contributed by atoms with Crippen molar-refractivity contribution < 1.29 is 17.2 Å². The predicted molar refractivity (Wildman–Crippen MR) is 83.8 cm³/mol. The van der Waals surface area contributed by atoms with Gasteiger partial charge in [0.25, 0.3) is 10.0 Å². The maximum absolute atomic E-state index is 13.8. The molecule has 2 aromatic heterocycles. The van der Waals surface area contributed by atoms with Gasteiger partial charge in [-0.15, -0.1) is 0 Å². The molecule has 0 atom stereocenters. The monoisotopic (exact) mass is 366 g/mol. The Morgan fingerprint density at radius 3 is 2.71 bits per heavy atom. The Morgan fingerprint density at radius 2 is 2.04 bits per heavy atom. The van der Waals surface area contributed by atoms with Crippen LogP contribution >= 0.6 is 11.5 Å². The van der Waals surface area contributed by atoms with Crippen molar-refractivity contribution in [3.05, 3.63) is 53.9 Å². The summed E-state index contributed by atoms with van der Waals surface area (Å²) in [6.45, 7) is 0. The van der Waals surface area contributed by atoms with E-state index in [0.29, 0.717) is 17.8 Å². The number of hydrogen-bond acceptors (Lipinski definition) is 5. The molecule has 0 aliphatic heterocycles. The zero-order valence-electron chi connectivity index (χ0n) is 11.7. The first kappa shape index (κ1) is 16.1. The molecule has 10 heteroatoms. The molecule has 0 aliphatic carbocycles. The average molecular weight is 366 g/mol. The van der Waals surface area contributed by atoms with Gasteiger partial charge in [0.1, 0.15) is 22.6 Å². The van der Waals surface area contributed by atoms with Gasteiger partial charge < -0.3 is 4.98 Å². The quantitative estimate of drug-likeness (QED) is 0.741. The molecule has 0 saturated heterocycles. The van der Waals surface area contributed by atoms with Crippen LogP contribution in [0, 0.1) is 23.0 Å². The van der Waals surface area contributed by atoms with E-state index in [-0.39, 0.29) is 4.90 Å². The summed E-state index contributed by atoms with van der Waals surface area (Å²) in [5.74, 6) is -2.06. The van der Waals surface area contributed by atoms with E-state index in [0.717, 1.165) is 4.88 Å². The first-order valence-corrected chi connectivity index (χ1v) is 8.68. The van der Waals surface area contributed by atoms with Gasteiger partial charge in [0, 0.05) is 18.5 Å². The molecule has 2 N–H and O–H groups in total. The molecular weight excluding hydrogens is 358 g/mol. The molecule has 2 heterocycles. The number of sulfonamides is 1. The number of H-pyrrole nitrogens is 1. The molecule has 0 bridgehead atoms. The molecule has 1 aromatic carbocycles. The molecule has 0 spiro atoms. The molecule has 3 rings (SSSR count). The van der Waals surface area contributed by atoms with Crippen molar-refractivity contribution in [1.82, 2.24) is 9.36 Å². The van der Waals surface area contributed by atoms with Crippen LogP contribution in [-0.4, -0.2) is 17.8 Å². The fourth-order valence-electron chi connectivity index (χ4n) is 1.94. The van der Waals surface area contributed by atoms with Gasteiger partial charge in [-0.05, 0) is 29.7 Å². The number of halogens is 2. The summed E-state index contributed by atoms with van der Waals surface area (Å²) in [6, 6.07) is 5.79. The Hall–Kier alpha value is -2.77. The average Bonchev–Trinajstić information content (AvgIpc) is 3.20. The number of nitrogens with one attached hydrogen (secondary N) is 2. The summed E-state index contributed by atoms with van der Waals surface area (Å²) in [7, 11) is -4.13. The van der Waals surface area contributed by atoms with Crippen LogP contribution in [-0.2, 0) is 10.0 Å². The number of nitriles is 1. The highest BCUT2D eigenvalue weighted by molar-refractivity contribution is 7.92. The largest absolute Gasteiger partial charge is 0.359 e. The molecule has 0 unspecified atom stereocenters. The highest BCUT2D eigenvalue weighted by Crippen LogP contribution is 2.26. The van der Waals surface area contributed by atoms with Crippen LogP contribution in [0.15, 0.2) is 41.6 Å². The Labute approximate surface area is 139 Å². The molecule has 6 nitrogen and oxygen atoms in total. The van der Waals surface area contributed by atoms with Crippen LogP contribution in [0.2, 0.25) is 0 Å². The summed E-state index contributed by atoms with van der Waals surface area (Å²) in [5.41, 5.74) is -0.555. The van der Waals surface area contributed by atoms with Crippen molar-refractivity contribution in [3.8, 4) is 16.6 Å². The molecule has 3 aromatic rings. The van der Waals surface area contributed by atoms with E-state index >= 15 is 0 Å². The lowest BCUT2D eigenvalue weighted by atomic mass is 10.2. The van der Waals surface area contributed by atoms with E-state index in [2.05, 4.69) is 9.36 Å². The molecule has 0 amide bonds.